The highest BCUT2D eigenvalue weighted by atomic mass is 32.2. The Morgan fingerprint density at radius 1 is 1.35 bits per heavy atom. The Hall–Kier alpha value is -1.33. The SMILES string of the molecule is CCN1C(=O)/C(=C\c2ccc(OC(C)C)cc2)SC1=S. The molecule has 106 valence electrons. The fraction of sp³-hybridized carbons (Fsp3) is 0.333. The second-order valence-corrected chi connectivity index (χ2v) is 6.34. The molecule has 0 unspecified atom stereocenters. The van der Waals surface area contributed by atoms with Gasteiger partial charge >= 0.3 is 0 Å². The van der Waals surface area contributed by atoms with Crippen molar-refractivity contribution in [2.24, 2.45) is 0 Å². The van der Waals surface area contributed by atoms with Crippen molar-refractivity contribution in [2.75, 3.05) is 6.54 Å². The maximum absolute atomic E-state index is 12.1. The molecule has 5 heteroatoms. The number of ether oxygens (including phenoxy) is 1. The van der Waals surface area contributed by atoms with Crippen LogP contribution in [0.1, 0.15) is 26.3 Å². The van der Waals surface area contributed by atoms with E-state index in [4.69, 9.17) is 17.0 Å². The largest absolute Gasteiger partial charge is 0.491 e. The van der Waals surface area contributed by atoms with Crippen LogP contribution >= 0.6 is 24.0 Å². The molecule has 2 rings (SSSR count). The van der Waals surface area contributed by atoms with Crippen LogP contribution in [-0.4, -0.2) is 27.8 Å². The van der Waals surface area contributed by atoms with Gasteiger partial charge in [0.05, 0.1) is 11.0 Å². The first kappa shape index (κ1) is 15.1. The van der Waals surface area contributed by atoms with Gasteiger partial charge in [0.2, 0.25) is 0 Å². The van der Waals surface area contributed by atoms with Crippen molar-refractivity contribution in [2.45, 2.75) is 26.9 Å². The zero-order chi connectivity index (χ0) is 14.7. The van der Waals surface area contributed by atoms with Crippen molar-refractivity contribution in [3.05, 3.63) is 34.7 Å². The summed E-state index contributed by atoms with van der Waals surface area (Å²) >= 11 is 6.54. The fourth-order valence-corrected chi connectivity index (χ4v) is 3.22. The summed E-state index contributed by atoms with van der Waals surface area (Å²) in [5, 5.41) is 0. The quantitative estimate of drug-likeness (QED) is 0.627. The Labute approximate surface area is 129 Å². The lowest BCUT2D eigenvalue weighted by Crippen LogP contribution is -2.27. The molecular weight excluding hydrogens is 290 g/mol. The number of amides is 1. The molecule has 20 heavy (non-hydrogen) atoms. The van der Waals surface area contributed by atoms with Crippen LogP contribution in [0.2, 0.25) is 0 Å². The summed E-state index contributed by atoms with van der Waals surface area (Å²) in [6.45, 7) is 6.52. The smallest absolute Gasteiger partial charge is 0.266 e. The van der Waals surface area contributed by atoms with Crippen molar-refractivity contribution >= 4 is 40.3 Å². The number of likely N-dealkylation sites (N-methyl/N-ethyl adjacent to an activating group) is 1. The molecular formula is C15H17NO2S2. The Bertz CT molecular complexity index is 549. The first-order chi connectivity index (χ1) is 9.51. The molecule has 0 aliphatic carbocycles. The van der Waals surface area contributed by atoms with Crippen LogP contribution in [0.3, 0.4) is 0 Å². The molecule has 0 bridgehead atoms. The molecule has 1 aliphatic heterocycles. The third-order valence-electron chi connectivity index (χ3n) is 2.74. The Balaban J connectivity index is 2.15. The van der Waals surface area contributed by atoms with Crippen LogP contribution in [0.4, 0.5) is 0 Å². The number of carbonyl (C=O) groups is 1. The Kier molecular flexibility index (Phi) is 4.83. The molecule has 1 heterocycles. The van der Waals surface area contributed by atoms with E-state index in [2.05, 4.69) is 0 Å². The molecule has 1 saturated heterocycles. The van der Waals surface area contributed by atoms with Gasteiger partial charge in [-0.25, -0.2) is 0 Å². The third-order valence-corrected chi connectivity index (χ3v) is 4.12. The number of thiocarbonyl (C=S) groups is 1. The summed E-state index contributed by atoms with van der Waals surface area (Å²) in [6, 6.07) is 7.70. The van der Waals surface area contributed by atoms with Crippen LogP contribution in [0.5, 0.6) is 5.75 Å². The van der Waals surface area contributed by atoms with Crippen LogP contribution in [0.25, 0.3) is 6.08 Å². The average Bonchev–Trinajstić information content (AvgIpc) is 2.66. The minimum absolute atomic E-state index is 0.00925. The van der Waals surface area contributed by atoms with Crippen molar-refractivity contribution in [3.8, 4) is 5.75 Å². The molecule has 1 aliphatic rings. The summed E-state index contributed by atoms with van der Waals surface area (Å²) in [5.74, 6) is 0.822. The normalized spacial score (nSPS) is 17.4. The topological polar surface area (TPSA) is 29.5 Å². The zero-order valence-electron chi connectivity index (χ0n) is 11.8. The van der Waals surface area contributed by atoms with Gasteiger partial charge in [0.1, 0.15) is 10.1 Å². The molecule has 0 radical (unpaired) electrons. The second kappa shape index (κ2) is 6.41. The van der Waals surface area contributed by atoms with Gasteiger partial charge in [-0.3, -0.25) is 9.69 Å². The highest BCUT2D eigenvalue weighted by Gasteiger charge is 2.30. The van der Waals surface area contributed by atoms with Crippen molar-refractivity contribution < 1.29 is 9.53 Å². The van der Waals surface area contributed by atoms with E-state index in [0.717, 1.165) is 11.3 Å². The summed E-state index contributed by atoms with van der Waals surface area (Å²) in [4.78, 5) is 14.4. The standard InChI is InChI=1S/C15H17NO2S2/c1-4-16-14(17)13(20-15(16)19)9-11-5-7-12(8-6-11)18-10(2)3/h5-10H,4H2,1-3H3/b13-9+. The second-order valence-electron chi connectivity index (χ2n) is 4.66. The average molecular weight is 307 g/mol. The van der Waals surface area contributed by atoms with Gasteiger partial charge in [-0.2, -0.15) is 0 Å². The van der Waals surface area contributed by atoms with Gasteiger partial charge in [-0.1, -0.05) is 36.1 Å². The molecule has 0 atom stereocenters. The molecule has 1 aromatic carbocycles. The van der Waals surface area contributed by atoms with Crippen LogP contribution in [-0.2, 0) is 4.79 Å². The lowest BCUT2D eigenvalue weighted by atomic mass is 10.2. The number of hydrogen-bond acceptors (Lipinski definition) is 4. The minimum atomic E-state index is -0.00925. The van der Waals surface area contributed by atoms with Crippen molar-refractivity contribution in [1.29, 1.82) is 0 Å². The third kappa shape index (κ3) is 3.41. The summed E-state index contributed by atoms with van der Waals surface area (Å²) in [6.07, 6.45) is 2.02. The van der Waals surface area contributed by atoms with Gasteiger partial charge in [0.25, 0.3) is 5.91 Å². The molecule has 1 aromatic rings. The lowest BCUT2D eigenvalue weighted by molar-refractivity contribution is -0.121. The van der Waals surface area contributed by atoms with E-state index >= 15 is 0 Å². The van der Waals surface area contributed by atoms with Gasteiger partial charge in [0, 0.05) is 6.54 Å². The maximum Gasteiger partial charge on any atom is 0.266 e. The van der Waals surface area contributed by atoms with E-state index in [1.807, 2.05) is 51.1 Å². The van der Waals surface area contributed by atoms with E-state index in [-0.39, 0.29) is 12.0 Å². The van der Waals surface area contributed by atoms with E-state index in [0.29, 0.717) is 15.8 Å². The monoisotopic (exact) mass is 307 g/mol. The lowest BCUT2D eigenvalue weighted by Gasteiger charge is -2.10. The highest BCUT2D eigenvalue weighted by Crippen LogP contribution is 2.32. The predicted octanol–water partition coefficient (Wildman–Crippen LogP) is 3.69. The van der Waals surface area contributed by atoms with Gasteiger partial charge in [-0.05, 0) is 44.5 Å². The van der Waals surface area contributed by atoms with E-state index in [9.17, 15) is 4.79 Å². The molecule has 0 aromatic heterocycles. The molecule has 0 spiro atoms. The van der Waals surface area contributed by atoms with E-state index in [1.165, 1.54) is 11.8 Å². The van der Waals surface area contributed by atoms with Crippen LogP contribution < -0.4 is 4.74 Å². The number of benzene rings is 1. The van der Waals surface area contributed by atoms with Gasteiger partial charge in [0.15, 0.2) is 0 Å². The summed E-state index contributed by atoms with van der Waals surface area (Å²) in [5.41, 5.74) is 0.970. The van der Waals surface area contributed by atoms with Crippen molar-refractivity contribution in [3.63, 3.8) is 0 Å². The number of carbonyl (C=O) groups excluding carboxylic acids is 1. The molecule has 1 fully saturated rings. The highest BCUT2D eigenvalue weighted by molar-refractivity contribution is 8.26. The number of hydrogen-bond donors (Lipinski definition) is 0. The Morgan fingerprint density at radius 2 is 2.00 bits per heavy atom. The zero-order valence-corrected chi connectivity index (χ0v) is 13.4. The molecule has 1 amide bonds. The molecule has 0 N–H and O–H groups in total. The van der Waals surface area contributed by atoms with Gasteiger partial charge in [-0.15, -0.1) is 0 Å². The Morgan fingerprint density at radius 3 is 2.50 bits per heavy atom. The summed E-state index contributed by atoms with van der Waals surface area (Å²) in [7, 11) is 0. The van der Waals surface area contributed by atoms with Crippen LogP contribution in [0.15, 0.2) is 29.2 Å². The predicted molar refractivity (Wildman–Crippen MR) is 87.8 cm³/mol. The minimum Gasteiger partial charge on any atom is -0.491 e. The number of nitrogens with zero attached hydrogens (tertiary/aromatic N) is 1. The fourth-order valence-electron chi connectivity index (χ4n) is 1.84. The number of thioether (sulfide) groups is 1. The first-order valence-corrected chi connectivity index (χ1v) is 7.76. The molecule has 0 saturated carbocycles. The van der Waals surface area contributed by atoms with E-state index < -0.39 is 0 Å². The first-order valence-electron chi connectivity index (χ1n) is 6.53. The maximum atomic E-state index is 12.1. The van der Waals surface area contributed by atoms with Crippen molar-refractivity contribution in [1.82, 2.24) is 4.90 Å². The van der Waals surface area contributed by atoms with E-state index in [1.54, 1.807) is 4.90 Å². The van der Waals surface area contributed by atoms with Gasteiger partial charge < -0.3 is 4.74 Å². The number of rotatable bonds is 4. The van der Waals surface area contributed by atoms with Crippen LogP contribution in [0, 0.1) is 0 Å². The molecule has 3 nitrogen and oxygen atoms in total. The summed E-state index contributed by atoms with van der Waals surface area (Å²) < 4.78 is 6.22.